The number of fused-ring (bicyclic) bond motifs is 1. The number of pyridine rings is 1. The summed E-state index contributed by atoms with van der Waals surface area (Å²) in [6.45, 7) is 0. The molecule has 0 bridgehead atoms. The minimum atomic E-state index is -3.88. The zero-order chi connectivity index (χ0) is 19.9. The maximum atomic E-state index is 12.4. The van der Waals surface area contributed by atoms with Gasteiger partial charge in [-0.05, 0) is 36.4 Å². The number of thiazole rings is 1. The average Bonchev–Trinajstić information content (AvgIpc) is 3.09. The number of aromatic nitrogens is 2. The second kappa shape index (κ2) is 7.28. The Balaban J connectivity index is 1.68. The van der Waals surface area contributed by atoms with Gasteiger partial charge >= 0.3 is 5.63 Å². The number of halogens is 2. The lowest BCUT2D eigenvalue weighted by Crippen LogP contribution is -2.13. The molecule has 0 fully saturated rings. The van der Waals surface area contributed by atoms with Crippen molar-refractivity contribution in [3.05, 3.63) is 68.0 Å². The predicted molar refractivity (Wildman–Crippen MR) is 111 cm³/mol. The van der Waals surface area contributed by atoms with Gasteiger partial charge in [-0.25, -0.2) is 23.2 Å². The molecule has 28 heavy (non-hydrogen) atoms. The lowest BCUT2D eigenvalue weighted by atomic mass is 10.1. The van der Waals surface area contributed by atoms with Gasteiger partial charge in [0, 0.05) is 21.4 Å². The van der Waals surface area contributed by atoms with Gasteiger partial charge in [0.05, 0.1) is 11.3 Å². The number of sulfonamides is 1. The van der Waals surface area contributed by atoms with Crippen LogP contribution in [-0.2, 0) is 10.0 Å². The fourth-order valence-electron chi connectivity index (χ4n) is 2.41. The molecule has 0 aliphatic heterocycles. The number of nitrogens with zero attached hydrogens (tertiary/aromatic N) is 2. The van der Waals surface area contributed by atoms with Gasteiger partial charge in [0.15, 0.2) is 5.13 Å². The third kappa shape index (κ3) is 3.81. The Bertz CT molecular complexity index is 1350. The van der Waals surface area contributed by atoms with E-state index in [0.717, 1.165) is 22.0 Å². The molecule has 4 rings (SSSR count). The summed E-state index contributed by atoms with van der Waals surface area (Å²) in [5.41, 5.74) is 0.438. The fraction of sp³-hybridized carbons (Fsp3) is 0. The van der Waals surface area contributed by atoms with Crippen LogP contribution in [0.25, 0.3) is 22.2 Å². The first-order chi connectivity index (χ1) is 13.3. The topological polar surface area (TPSA) is 102 Å². The second-order valence-electron chi connectivity index (χ2n) is 5.59. The van der Waals surface area contributed by atoms with E-state index < -0.39 is 15.6 Å². The Labute approximate surface area is 176 Å². The van der Waals surface area contributed by atoms with Crippen molar-refractivity contribution in [3.8, 4) is 11.3 Å². The molecule has 0 aliphatic rings. The van der Waals surface area contributed by atoms with Crippen molar-refractivity contribution in [2.45, 2.75) is 4.90 Å². The molecule has 0 spiro atoms. The van der Waals surface area contributed by atoms with Crippen LogP contribution in [0, 0.1) is 0 Å². The quantitative estimate of drug-likeness (QED) is 0.328. The molecule has 0 aliphatic carbocycles. The maximum Gasteiger partial charge on any atom is 0.345 e. The van der Waals surface area contributed by atoms with E-state index >= 15 is 0 Å². The molecule has 3 heterocycles. The standard InChI is InChI=1S/C17H9BrClN3O4S2/c18-10-1-3-14-9(5-10)6-12(16(23)26-14)13-8-27-17(21-13)22-28(24,25)11-2-4-15(19)20-7-11/h1-8H,(H,21,22). The SMILES string of the molecule is O=c1oc2ccc(Br)cc2cc1-c1csc(NS(=O)(=O)c2ccc(Cl)nc2)n1. The lowest BCUT2D eigenvalue weighted by Gasteiger charge is -2.04. The molecule has 3 aromatic heterocycles. The summed E-state index contributed by atoms with van der Waals surface area (Å²) in [6.07, 6.45) is 1.15. The van der Waals surface area contributed by atoms with E-state index in [1.807, 2.05) is 6.07 Å². The van der Waals surface area contributed by atoms with E-state index in [9.17, 15) is 13.2 Å². The predicted octanol–water partition coefficient (Wildman–Crippen LogP) is 4.53. The third-order valence-corrected chi connectivity index (χ3v) is 6.63. The Morgan fingerprint density at radius 1 is 1.18 bits per heavy atom. The molecule has 0 atom stereocenters. The summed E-state index contributed by atoms with van der Waals surface area (Å²) in [6, 6.07) is 9.63. The van der Waals surface area contributed by atoms with Crippen molar-refractivity contribution in [1.29, 1.82) is 0 Å². The largest absolute Gasteiger partial charge is 0.422 e. The molecule has 11 heteroatoms. The molecule has 7 nitrogen and oxygen atoms in total. The zero-order valence-corrected chi connectivity index (χ0v) is 17.7. The first-order valence-corrected chi connectivity index (χ1v) is 11.2. The van der Waals surface area contributed by atoms with Crippen molar-refractivity contribution in [1.82, 2.24) is 9.97 Å². The second-order valence-corrected chi connectivity index (χ2v) is 9.43. The minimum Gasteiger partial charge on any atom is -0.422 e. The fourth-order valence-corrected chi connectivity index (χ4v) is 4.81. The van der Waals surface area contributed by atoms with E-state index in [1.165, 1.54) is 12.1 Å². The van der Waals surface area contributed by atoms with Crippen molar-refractivity contribution in [3.63, 3.8) is 0 Å². The Kier molecular flexibility index (Phi) is 4.96. The molecular weight excluding hydrogens is 490 g/mol. The summed E-state index contributed by atoms with van der Waals surface area (Å²) >= 11 is 10.1. The van der Waals surface area contributed by atoms with Crippen LogP contribution in [0.5, 0.6) is 0 Å². The smallest absolute Gasteiger partial charge is 0.345 e. The van der Waals surface area contributed by atoms with Crippen LogP contribution >= 0.6 is 38.9 Å². The summed E-state index contributed by atoms with van der Waals surface area (Å²) in [5.74, 6) is 0. The molecule has 0 radical (unpaired) electrons. The molecule has 0 saturated heterocycles. The van der Waals surface area contributed by atoms with Crippen molar-refractivity contribution >= 4 is 65.0 Å². The summed E-state index contributed by atoms with van der Waals surface area (Å²) < 4.78 is 33.4. The number of rotatable bonds is 4. The summed E-state index contributed by atoms with van der Waals surface area (Å²) in [5, 5.41) is 2.59. The lowest BCUT2D eigenvalue weighted by molar-refractivity contribution is 0.563. The number of benzene rings is 1. The maximum absolute atomic E-state index is 12.4. The number of hydrogen-bond donors (Lipinski definition) is 1. The monoisotopic (exact) mass is 497 g/mol. The van der Waals surface area contributed by atoms with Gasteiger partial charge < -0.3 is 4.42 Å². The van der Waals surface area contributed by atoms with E-state index in [-0.39, 0.29) is 20.7 Å². The normalized spacial score (nSPS) is 11.6. The van der Waals surface area contributed by atoms with Gasteiger partial charge in [-0.3, -0.25) is 4.72 Å². The van der Waals surface area contributed by atoms with Gasteiger partial charge in [-0.15, -0.1) is 11.3 Å². The molecule has 1 aromatic carbocycles. The Hall–Kier alpha value is -2.27. The average molecular weight is 499 g/mol. The molecular formula is C17H9BrClN3O4S2. The molecule has 1 N–H and O–H groups in total. The van der Waals surface area contributed by atoms with Crippen molar-refractivity contribution < 1.29 is 12.8 Å². The van der Waals surface area contributed by atoms with E-state index in [2.05, 4.69) is 30.6 Å². The molecule has 0 saturated carbocycles. The Morgan fingerprint density at radius 3 is 2.75 bits per heavy atom. The van der Waals surface area contributed by atoms with E-state index in [4.69, 9.17) is 16.0 Å². The zero-order valence-electron chi connectivity index (χ0n) is 13.7. The van der Waals surface area contributed by atoms with E-state index in [0.29, 0.717) is 16.7 Å². The molecule has 142 valence electrons. The van der Waals surface area contributed by atoms with Gasteiger partial charge in [-0.1, -0.05) is 27.5 Å². The van der Waals surface area contributed by atoms with Crippen LogP contribution in [0.1, 0.15) is 0 Å². The number of hydrogen-bond acceptors (Lipinski definition) is 7. The van der Waals surface area contributed by atoms with Crippen molar-refractivity contribution in [2.75, 3.05) is 4.72 Å². The van der Waals surface area contributed by atoms with Crippen LogP contribution in [0.4, 0.5) is 5.13 Å². The van der Waals surface area contributed by atoms with Gasteiger partial charge in [0.25, 0.3) is 10.0 Å². The number of nitrogens with one attached hydrogen (secondary N) is 1. The molecule has 0 unspecified atom stereocenters. The molecule has 0 amide bonds. The van der Waals surface area contributed by atoms with Crippen LogP contribution in [-0.4, -0.2) is 18.4 Å². The van der Waals surface area contributed by atoms with E-state index in [1.54, 1.807) is 23.6 Å². The highest BCUT2D eigenvalue weighted by Gasteiger charge is 2.18. The van der Waals surface area contributed by atoms with Crippen LogP contribution in [0.3, 0.4) is 0 Å². The highest BCUT2D eigenvalue weighted by atomic mass is 79.9. The van der Waals surface area contributed by atoms with Gasteiger partial charge in [0.1, 0.15) is 15.6 Å². The highest BCUT2D eigenvalue weighted by Crippen LogP contribution is 2.28. The van der Waals surface area contributed by atoms with Crippen LogP contribution in [0.15, 0.2) is 66.6 Å². The summed E-state index contributed by atoms with van der Waals surface area (Å²) in [4.78, 5) is 20.2. The summed E-state index contributed by atoms with van der Waals surface area (Å²) in [7, 11) is -3.88. The first-order valence-electron chi connectivity index (χ1n) is 7.65. The molecule has 4 aromatic rings. The van der Waals surface area contributed by atoms with Gasteiger partial charge in [0.2, 0.25) is 0 Å². The first kappa shape index (κ1) is 19.1. The number of anilines is 1. The minimum absolute atomic E-state index is 0.0521. The third-order valence-electron chi connectivity index (χ3n) is 3.71. The van der Waals surface area contributed by atoms with Crippen LogP contribution in [0.2, 0.25) is 5.15 Å². The Morgan fingerprint density at radius 2 is 2.00 bits per heavy atom. The highest BCUT2D eigenvalue weighted by molar-refractivity contribution is 9.10. The van der Waals surface area contributed by atoms with Crippen molar-refractivity contribution in [2.24, 2.45) is 0 Å². The van der Waals surface area contributed by atoms with Crippen LogP contribution < -0.4 is 10.3 Å². The van der Waals surface area contributed by atoms with Gasteiger partial charge in [-0.2, -0.15) is 0 Å².